The zero-order valence-corrected chi connectivity index (χ0v) is 28.1. The van der Waals surface area contributed by atoms with Crippen molar-refractivity contribution in [3.05, 3.63) is 102 Å². The summed E-state index contributed by atoms with van der Waals surface area (Å²) >= 11 is 1.49. The number of rotatable bonds is 16. The number of amides is 1. The molecule has 3 aromatic heterocycles. The number of carbonyl (C=O) groups is 2. The highest BCUT2D eigenvalue weighted by Crippen LogP contribution is 2.39. The van der Waals surface area contributed by atoms with Gasteiger partial charge >= 0.3 is 0 Å². The minimum absolute atomic E-state index is 0.0715. The van der Waals surface area contributed by atoms with Gasteiger partial charge in [0.25, 0.3) is 5.91 Å². The predicted octanol–water partition coefficient (Wildman–Crippen LogP) is 7.89. The van der Waals surface area contributed by atoms with E-state index in [-0.39, 0.29) is 23.9 Å². The summed E-state index contributed by atoms with van der Waals surface area (Å²) in [5, 5.41) is 6.38. The molecule has 6 rings (SSSR count). The van der Waals surface area contributed by atoms with Crippen LogP contribution in [0, 0.1) is 11.7 Å². The minimum atomic E-state index is -0.498. The molecule has 1 aliphatic rings. The van der Waals surface area contributed by atoms with Crippen molar-refractivity contribution in [2.24, 2.45) is 5.92 Å². The molecule has 0 aliphatic heterocycles. The van der Waals surface area contributed by atoms with E-state index in [2.05, 4.69) is 39.3 Å². The van der Waals surface area contributed by atoms with Gasteiger partial charge in [-0.25, -0.2) is 4.39 Å². The van der Waals surface area contributed by atoms with Gasteiger partial charge in [-0.3, -0.25) is 19.6 Å². The number of anilines is 1. The third kappa shape index (κ3) is 8.62. The van der Waals surface area contributed by atoms with Crippen molar-refractivity contribution >= 4 is 38.9 Å². The molecule has 1 fully saturated rings. The average Bonchev–Trinajstić information content (AvgIpc) is 3.80. The number of carbonyl (C=O) groups excluding carboxylic acids is 2. The van der Waals surface area contributed by atoms with Crippen LogP contribution in [-0.2, 0) is 17.8 Å². The lowest BCUT2D eigenvalue weighted by molar-refractivity contribution is -0.118. The SMILES string of the molecule is CCN(CC)CCNC(=O)c1ccc(NCc2ccc(-c3cc4nccc(Oc5ccc(CC(=O)CC6CC6)cc5F)c4s3)nc2)cc1. The fraction of sp³-hybridized carbons (Fsp3) is 0.316. The van der Waals surface area contributed by atoms with Crippen LogP contribution < -0.4 is 15.4 Å². The Labute approximate surface area is 284 Å². The van der Waals surface area contributed by atoms with Crippen molar-refractivity contribution in [3.8, 4) is 22.1 Å². The van der Waals surface area contributed by atoms with Gasteiger partial charge in [-0.15, -0.1) is 11.3 Å². The first-order valence-electron chi connectivity index (χ1n) is 16.5. The molecule has 10 heteroatoms. The van der Waals surface area contributed by atoms with Gasteiger partial charge in [-0.05, 0) is 91.5 Å². The van der Waals surface area contributed by atoms with Gasteiger partial charge in [0, 0.05) is 62.2 Å². The minimum Gasteiger partial charge on any atom is -0.453 e. The van der Waals surface area contributed by atoms with Crippen molar-refractivity contribution in [2.75, 3.05) is 31.5 Å². The van der Waals surface area contributed by atoms with Crippen LogP contribution in [0.4, 0.5) is 10.1 Å². The number of nitrogens with zero attached hydrogens (tertiary/aromatic N) is 3. The molecule has 0 unspecified atom stereocenters. The van der Waals surface area contributed by atoms with Gasteiger partial charge in [0.2, 0.25) is 0 Å². The largest absolute Gasteiger partial charge is 0.453 e. The lowest BCUT2D eigenvalue weighted by Gasteiger charge is -2.18. The van der Waals surface area contributed by atoms with Gasteiger partial charge in [-0.1, -0.05) is 26.0 Å². The second-order valence-electron chi connectivity index (χ2n) is 12.1. The van der Waals surface area contributed by atoms with Gasteiger partial charge in [0.1, 0.15) is 11.5 Å². The van der Waals surface area contributed by atoms with Crippen LogP contribution in [0.1, 0.15) is 54.6 Å². The number of halogens is 1. The Morgan fingerprint density at radius 2 is 1.75 bits per heavy atom. The summed E-state index contributed by atoms with van der Waals surface area (Å²) in [5.41, 5.74) is 4.75. The second-order valence-corrected chi connectivity index (χ2v) is 13.2. The molecule has 1 amide bonds. The van der Waals surface area contributed by atoms with Crippen LogP contribution in [0.5, 0.6) is 11.5 Å². The Morgan fingerprint density at radius 3 is 2.46 bits per heavy atom. The van der Waals surface area contributed by atoms with Crippen LogP contribution in [0.25, 0.3) is 20.8 Å². The van der Waals surface area contributed by atoms with Gasteiger partial charge in [0.05, 0.1) is 20.8 Å². The molecular formula is C38H40FN5O3S. The van der Waals surface area contributed by atoms with Gasteiger partial charge in [-0.2, -0.15) is 0 Å². The fourth-order valence-electron chi connectivity index (χ4n) is 5.51. The first kappa shape index (κ1) is 33.2. The Bertz CT molecular complexity index is 1870. The lowest BCUT2D eigenvalue weighted by atomic mass is 10.0. The van der Waals surface area contributed by atoms with Gasteiger partial charge < -0.3 is 20.3 Å². The van der Waals surface area contributed by atoms with Crippen molar-refractivity contribution in [1.82, 2.24) is 20.2 Å². The number of hydrogen-bond donors (Lipinski definition) is 2. The normalized spacial score (nSPS) is 12.8. The van der Waals surface area contributed by atoms with Crippen molar-refractivity contribution in [1.29, 1.82) is 0 Å². The first-order valence-corrected chi connectivity index (χ1v) is 17.4. The van der Waals surface area contributed by atoms with E-state index in [1.165, 1.54) is 17.4 Å². The molecule has 0 bridgehead atoms. The van der Waals surface area contributed by atoms with E-state index in [4.69, 9.17) is 4.74 Å². The second kappa shape index (κ2) is 15.5. The van der Waals surface area contributed by atoms with Gasteiger partial charge in [0.15, 0.2) is 11.6 Å². The summed E-state index contributed by atoms with van der Waals surface area (Å²) in [7, 11) is 0. The molecule has 1 aliphatic carbocycles. The number of likely N-dealkylation sites (N-methyl/N-ethyl adjacent to an activating group) is 1. The number of aromatic nitrogens is 2. The molecule has 0 atom stereocenters. The lowest BCUT2D eigenvalue weighted by Crippen LogP contribution is -2.34. The monoisotopic (exact) mass is 665 g/mol. The number of benzene rings is 2. The molecule has 5 aromatic rings. The number of nitrogens with one attached hydrogen (secondary N) is 2. The smallest absolute Gasteiger partial charge is 0.251 e. The summed E-state index contributed by atoms with van der Waals surface area (Å²) in [6.45, 7) is 8.20. The zero-order valence-electron chi connectivity index (χ0n) is 27.3. The Kier molecular flexibility index (Phi) is 10.7. The van der Waals surface area contributed by atoms with Crippen LogP contribution in [0.3, 0.4) is 0 Å². The van der Waals surface area contributed by atoms with E-state index >= 15 is 0 Å². The Balaban J connectivity index is 1.04. The Hall–Kier alpha value is -4.67. The molecule has 1 saturated carbocycles. The number of Topliss-reactive ketones (excluding diaryl/α,β-unsaturated/α-hetero) is 1. The molecule has 2 aromatic carbocycles. The summed E-state index contributed by atoms with van der Waals surface area (Å²) in [5.74, 6) is 0.718. The maximum Gasteiger partial charge on any atom is 0.251 e. The number of fused-ring (bicyclic) bond motifs is 1. The van der Waals surface area contributed by atoms with Crippen LogP contribution in [-0.4, -0.2) is 52.7 Å². The van der Waals surface area contributed by atoms with E-state index in [1.807, 2.05) is 48.7 Å². The highest BCUT2D eigenvalue weighted by Gasteiger charge is 2.24. The van der Waals surface area contributed by atoms with Crippen LogP contribution in [0.2, 0.25) is 0 Å². The summed E-state index contributed by atoms with van der Waals surface area (Å²) in [6.07, 6.45) is 6.54. The van der Waals surface area contributed by atoms with E-state index in [0.717, 1.165) is 64.5 Å². The quantitative estimate of drug-likeness (QED) is 0.111. The van der Waals surface area contributed by atoms with E-state index in [0.29, 0.717) is 42.3 Å². The fourth-order valence-corrected chi connectivity index (χ4v) is 6.55. The molecular weight excluding hydrogens is 626 g/mol. The zero-order chi connectivity index (χ0) is 33.5. The van der Waals surface area contributed by atoms with Crippen LogP contribution in [0.15, 0.2) is 79.1 Å². The number of thiophene rings is 1. The summed E-state index contributed by atoms with van der Waals surface area (Å²) in [6, 6.07) is 19.9. The maximum atomic E-state index is 15.0. The number of pyridine rings is 2. The highest BCUT2D eigenvalue weighted by atomic mass is 32.1. The van der Waals surface area contributed by atoms with E-state index in [1.54, 1.807) is 24.4 Å². The predicted molar refractivity (Wildman–Crippen MR) is 189 cm³/mol. The molecule has 0 radical (unpaired) electrons. The van der Waals surface area contributed by atoms with Crippen LogP contribution >= 0.6 is 11.3 Å². The Morgan fingerprint density at radius 1 is 0.958 bits per heavy atom. The molecule has 0 saturated heterocycles. The molecule has 2 N–H and O–H groups in total. The first-order chi connectivity index (χ1) is 23.4. The molecule has 48 heavy (non-hydrogen) atoms. The summed E-state index contributed by atoms with van der Waals surface area (Å²) in [4.78, 5) is 37.1. The maximum absolute atomic E-state index is 15.0. The average molecular weight is 666 g/mol. The third-order valence-electron chi connectivity index (χ3n) is 8.54. The number of ether oxygens (including phenoxy) is 1. The topological polar surface area (TPSA) is 96.5 Å². The number of hydrogen-bond acceptors (Lipinski definition) is 8. The standard InChI is InChI=1S/C38H40FN5O3S/c1-3-44(4-2)18-17-41-38(46)28-9-11-29(12-10-28)42-23-27-7-13-32(43-24-27)36-22-33-37(48-36)35(15-16-40-33)47-34-14-8-26(21-31(34)39)20-30(45)19-25-5-6-25/h7-16,21-22,24-25,42H,3-6,17-20,23H2,1-2H3,(H,41,46). The van der Waals surface area contributed by atoms with Crippen molar-refractivity contribution in [2.45, 2.75) is 46.1 Å². The van der Waals surface area contributed by atoms with Crippen molar-refractivity contribution < 1.29 is 18.7 Å². The molecule has 8 nitrogen and oxygen atoms in total. The molecule has 248 valence electrons. The molecule has 0 spiro atoms. The van der Waals surface area contributed by atoms with Crippen molar-refractivity contribution in [3.63, 3.8) is 0 Å². The molecule has 3 heterocycles. The summed E-state index contributed by atoms with van der Waals surface area (Å²) < 4.78 is 21.8. The van der Waals surface area contributed by atoms with E-state index in [9.17, 15) is 14.0 Å². The highest BCUT2D eigenvalue weighted by molar-refractivity contribution is 7.22. The third-order valence-corrected chi connectivity index (χ3v) is 9.70. The number of ketones is 1. The van der Waals surface area contributed by atoms with E-state index < -0.39 is 5.82 Å².